The van der Waals surface area contributed by atoms with Crippen molar-refractivity contribution in [2.75, 3.05) is 13.2 Å². The molecule has 1 aromatic carbocycles. The second-order valence-electron chi connectivity index (χ2n) is 4.52. The van der Waals surface area contributed by atoms with Crippen molar-refractivity contribution in [3.05, 3.63) is 36.0 Å². The molecule has 1 N–H and O–H groups in total. The lowest BCUT2D eigenvalue weighted by Gasteiger charge is -2.06. The molecule has 1 aromatic heterocycles. The van der Waals surface area contributed by atoms with E-state index in [1.165, 1.54) is 0 Å². The Bertz CT molecular complexity index is 522. The third-order valence-corrected chi connectivity index (χ3v) is 2.52. The van der Waals surface area contributed by atoms with Crippen LogP contribution in [0.3, 0.4) is 0 Å². The third kappa shape index (κ3) is 3.96. The zero-order valence-electron chi connectivity index (χ0n) is 11.6. The summed E-state index contributed by atoms with van der Waals surface area (Å²) in [6.45, 7) is 4.48. The van der Waals surface area contributed by atoms with E-state index in [4.69, 9.17) is 19.0 Å². The van der Waals surface area contributed by atoms with Crippen molar-refractivity contribution < 1.29 is 19.0 Å². The van der Waals surface area contributed by atoms with Gasteiger partial charge in [0.15, 0.2) is 6.61 Å². The summed E-state index contributed by atoms with van der Waals surface area (Å²) in [5, 5.41) is 16.5. The molecule has 0 fully saturated rings. The molecule has 6 nitrogen and oxygen atoms in total. The molecule has 20 heavy (non-hydrogen) atoms. The summed E-state index contributed by atoms with van der Waals surface area (Å²) in [5.41, 5.74) is 0. The molecule has 2 aromatic rings. The quantitative estimate of drug-likeness (QED) is 0.836. The van der Waals surface area contributed by atoms with E-state index in [9.17, 15) is 0 Å². The largest absolute Gasteiger partial charge is 0.491 e. The van der Waals surface area contributed by atoms with E-state index in [-0.39, 0.29) is 25.7 Å². The summed E-state index contributed by atoms with van der Waals surface area (Å²) in [5.74, 6) is 2.64. The number of ether oxygens (including phenoxy) is 2. The number of aromatic nitrogens is 2. The Labute approximate surface area is 117 Å². The fourth-order valence-electron chi connectivity index (χ4n) is 1.50. The van der Waals surface area contributed by atoms with E-state index in [0.717, 1.165) is 0 Å². The Balaban J connectivity index is 1.86. The van der Waals surface area contributed by atoms with Crippen molar-refractivity contribution in [3.63, 3.8) is 0 Å². The molecule has 0 radical (unpaired) electrons. The SMILES string of the molecule is CC(C)c1nnc(COc2ccc(OCCO)cc2)o1. The number of aliphatic hydroxyl groups excluding tert-OH is 1. The second-order valence-corrected chi connectivity index (χ2v) is 4.52. The highest BCUT2D eigenvalue weighted by atomic mass is 16.5. The van der Waals surface area contributed by atoms with E-state index in [1.54, 1.807) is 24.3 Å². The first-order valence-corrected chi connectivity index (χ1v) is 6.48. The van der Waals surface area contributed by atoms with Gasteiger partial charge in [0, 0.05) is 5.92 Å². The Morgan fingerprint density at radius 1 is 1.10 bits per heavy atom. The van der Waals surface area contributed by atoms with Gasteiger partial charge < -0.3 is 19.0 Å². The number of rotatable bonds is 7. The molecule has 6 heteroatoms. The van der Waals surface area contributed by atoms with Crippen LogP contribution in [-0.2, 0) is 6.61 Å². The predicted molar refractivity (Wildman–Crippen MR) is 71.7 cm³/mol. The van der Waals surface area contributed by atoms with E-state index < -0.39 is 0 Å². The predicted octanol–water partition coefficient (Wildman–Crippen LogP) is 2.14. The fourth-order valence-corrected chi connectivity index (χ4v) is 1.50. The van der Waals surface area contributed by atoms with E-state index in [0.29, 0.717) is 23.3 Å². The van der Waals surface area contributed by atoms with Gasteiger partial charge in [-0.3, -0.25) is 0 Å². The highest BCUT2D eigenvalue weighted by molar-refractivity contribution is 5.31. The molecule has 108 valence electrons. The van der Waals surface area contributed by atoms with Gasteiger partial charge in [0.05, 0.1) is 6.61 Å². The van der Waals surface area contributed by atoms with Gasteiger partial charge in [-0.15, -0.1) is 10.2 Å². The maximum absolute atomic E-state index is 8.66. The lowest BCUT2D eigenvalue weighted by Crippen LogP contribution is -2.01. The molecule has 0 amide bonds. The van der Waals surface area contributed by atoms with Crippen LogP contribution in [0.1, 0.15) is 31.5 Å². The van der Waals surface area contributed by atoms with Crippen LogP contribution in [0.15, 0.2) is 28.7 Å². The van der Waals surface area contributed by atoms with Crippen molar-refractivity contribution >= 4 is 0 Å². The standard InChI is InChI=1S/C14H18N2O4/c1-10(2)14-16-15-13(20-14)9-19-12-5-3-11(4-6-12)18-8-7-17/h3-6,10,17H,7-9H2,1-2H3. The summed E-state index contributed by atoms with van der Waals surface area (Å²) >= 11 is 0. The summed E-state index contributed by atoms with van der Waals surface area (Å²) < 4.78 is 16.2. The van der Waals surface area contributed by atoms with Crippen molar-refractivity contribution in [1.82, 2.24) is 10.2 Å². The number of hydrogen-bond donors (Lipinski definition) is 1. The van der Waals surface area contributed by atoms with Crippen molar-refractivity contribution in [3.8, 4) is 11.5 Å². The Morgan fingerprint density at radius 3 is 2.30 bits per heavy atom. The van der Waals surface area contributed by atoms with Crippen LogP contribution in [0.25, 0.3) is 0 Å². The van der Waals surface area contributed by atoms with Gasteiger partial charge in [-0.2, -0.15) is 0 Å². The molecule has 0 aliphatic carbocycles. The van der Waals surface area contributed by atoms with Crippen LogP contribution >= 0.6 is 0 Å². The molecule has 0 bridgehead atoms. The van der Waals surface area contributed by atoms with Gasteiger partial charge in [-0.05, 0) is 24.3 Å². The molecule has 0 saturated heterocycles. The Morgan fingerprint density at radius 2 is 1.75 bits per heavy atom. The molecule has 0 aliphatic rings. The van der Waals surface area contributed by atoms with Crippen LogP contribution in [0.5, 0.6) is 11.5 Å². The number of nitrogens with zero attached hydrogens (tertiary/aromatic N) is 2. The van der Waals surface area contributed by atoms with Gasteiger partial charge in [0.1, 0.15) is 18.1 Å². The minimum absolute atomic E-state index is 0.00635. The number of benzene rings is 1. The molecular weight excluding hydrogens is 260 g/mol. The second kappa shape index (κ2) is 6.91. The molecule has 0 spiro atoms. The molecule has 0 saturated carbocycles. The minimum atomic E-state index is -0.00635. The van der Waals surface area contributed by atoms with Crippen molar-refractivity contribution in [2.24, 2.45) is 0 Å². The first kappa shape index (κ1) is 14.3. The first-order valence-electron chi connectivity index (χ1n) is 6.48. The summed E-state index contributed by atoms with van der Waals surface area (Å²) in [7, 11) is 0. The summed E-state index contributed by atoms with van der Waals surface area (Å²) in [6.07, 6.45) is 0. The topological polar surface area (TPSA) is 77.6 Å². The lowest BCUT2D eigenvalue weighted by atomic mass is 10.2. The highest BCUT2D eigenvalue weighted by Gasteiger charge is 2.09. The zero-order chi connectivity index (χ0) is 14.4. The normalized spacial score (nSPS) is 10.8. The monoisotopic (exact) mass is 278 g/mol. The molecule has 0 unspecified atom stereocenters. The van der Waals surface area contributed by atoms with E-state index >= 15 is 0 Å². The van der Waals surface area contributed by atoms with Crippen molar-refractivity contribution in [2.45, 2.75) is 26.4 Å². The zero-order valence-corrected chi connectivity index (χ0v) is 11.6. The molecular formula is C14H18N2O4. The third-order valence-electron chi connectivity index (χ3n) is 2.52. The molecule has 1 heterocycles. The number of aliphatic hydroxyl groups is 1. The molecule has 0 atom stereocenters. The van der Waals surface area contributed by atoms with Gasteiger partial charge in [0.25, 0.3) is 5.89 Å². The van der Waals surface area contributed by atoms with Gasteiger partial charge in [0.2, 0.25) is 5.89 Å². The molecule has 2 rings (SSSR count). The summed E-state index contributed by atoms with van der Waals surface area (Å²) in [4.78, 5) is 0. The van der Waals surface area contributed by atoms with Crippen molar-refractivity contribution in [1.29, 1.82) is 0 Å². The van der Waals surface area contributed by atoms with Crippen LogP contribution in [0, 0.1) is 0 Å². The van der Waals surface area contributed by atoms with Crippen LogP contribution in [-0.4, -0.2) is 28.5 Å². The fraction of sp³-hybridized carbons (Fsp3) is 0.429. The maximum atomic E-state index is 8.66. The minimum Gasteiger partial charge on any atom is -0.491 e. The van der Waals surface area contributed by atoms with E-state index in [1.807, 2.05) is 13.8 Å². The molecule has 0 aliphatic heterocycles. The number of hydrogen-bond acceptors (Lipinski definition) is 6. The average molecular weight is 278 g/mol. The lowest BCUT2D eigenvalue weighted by molar-refractivity contribution is 0.201. The Hall–Kier alpha value is -2.08. The Kier molecular flexibility index (Phi) is 4.95. The van der Waals surface area contributed by atoms with Gasteiger partial charge in [-0.1, -0.05) is 13.8 Å². The first-order chi connectivity index (χ1) is 9.69. The smallest absolute Gasteiger partial charge is 0.253 e. The van der Waals surface area contributed by atoms with Gasteiger partial charge in [-0.25, -0.2) is 0 Å². The summed E-state index contributed by atoms with van der Waals surface area (Å²) in [6, 6.07) is 7.12. The maximum Gasteiger partial charge on any atom is 0.253 e. The highest BCUT2D eigenvalue weighted by Crippen LogP contribution is 2.19. The van der Waals surface area contributed by atoms with Crippen LogP contribution < -0.4 is 9.47 Å². The van der Waals surface area contributed by atoms with E-state index in [2.05, 4.69) is 10.2 Å². The van der Waals surface area contributed by atoms with Gasteiger partial charge >= 0.3 is 0 Å². The van der Waals surface area contributed by atoms with Crippen LogP contribution in [0.4, 0.5) is 0 Å². The van der Waals surface area contributed by atoms with Crippen LogP contribution in [0.2, 0.25) is 0 Å². The average Bonchev–Trinajstić information content (AvgIpc) is 2.93.